The third-order valence-electron chi connectivity index (χ3n) is 4.87. The quantitative estimate of drug-likeness (QED) is 0.679. The van der Waals surface area contributed by atoms with Crippen LogP contribution in [0.25, 0.3) is 0 Å². The van der Waals surface area contributed by atoms with Gasteiger partial charge in [0.2, 0.25) is 5.91 Å². The molecule has 2 aromatic rings. The maximum absolute atomic E-state index is 13.2. The van der Waals surface area contributed by atoms with Crippen molar-refractivity contribution in [2.45, 2.75) is 25.3 Å². The first-order chi connectivity index (χ1) is 14.2. The molecule has 0 aromatic heterocycles. The molecule has 0 saturated carbocycles. The third kappa shape index (κ3) is 4.73. The number of methoxy groups -OCH3 is 1. The van der Waals surface area contributed by atoms with Crippen LogP contribution in [0.4, 0.5) is 19.3 Å². The predicted octanol–water partition coefficient (Wildman–Crippen LogP) is 2.86. The summed E-state index contributed by atoms with van der Waals surface area (Å²) >= 11 is 0. The molecule has 2 N–H and O–H groups in total. The molecule has 2 aromatic carbocycles. The number of amides is 4. The van der Waals surface area contributed by atoms with E-state index < -0.39 is 41.6 Å². The van der Waals surface area contributed by atoms with Crippen molar-refractivity contribution in [1.29, 1.82) is 0 Å². The van der Waals surface area contributed by atoms with Crippen LogP contribution in [0.5, 0.6) is 5.75 Å². The van der Waals surface area contributed by atoms with Crippen molar-refractivity contribution >= 4 is 23.5 Å². The maximum atomic E-state index is 13.2. The van der Waals surface area contributed by atoms with Gasteiger partial charge in [-0.05, 0) is 49.6 Å². The summed E-state index contributed by atoms with van der Waals surface area (Å²) in [6.45, 7) is 1.03. The number of aryl methyl sites for hydroxylation is 1. The number of carbonyl (C=O) groups excluding carboxylic acids is 3. The van der Waals surface area contributed by atoms with Crippen LogP contribution in [0, 0.1) is 11.6 Å². The first-order valence-corrected chi connectivity index (χ1v) is 9.23. The molecule has 0 bridgehead atoms. The molecule has 30 heavy (non-hydrogen) atoms. The summed E-state index contributed by atoms with van der Waals surface area (Å²) in [6.07, 6.45) is 0.853. The van der Waals surface area contributed by atoms with Gasteiger partial charge in [0.15, 0.2) is 0 Å². The second-order valence-corrected chi connectivity index (χ2v) is 7.21. The van der Waals surface area contributed by atoms with Gasteiger partial charge in [-0.3, -0.25) is 14.5 Å². The standard InChI is InChI=1S/C21H21F2N3O4/c1-21(8-7-13-3-5-17(30-2)6-4-13)19(28)26(20(29)25-21)12-18(27)24-16-10-14(22)9-15(23)11-16/h3-6,9-11H,7-8,12H2,1-2H3,(H,24,27)(H,25,29). The number of urea groups is 1. The van der Waals surface area contributed by atoms with E-state index in [0.717, 1.165) is 22.6 Å². The average Bonchev–Trinajstić information content (AvgIpc) is 2.89. The van der Waals surface area contributed by atoms with E-state index in [-0.39, 0.29) is 5.69 Å². The fraction of sp³-hybridized carbons (Fsp3) is 0.286. The molecule has 3 rings (SSSR count). The van der Waals surface area contributed by atoms with E-state index in [0.29, 0.717) is 24.7 Å². The van der Waals surface area contributed by atoms with Crippen molar-refractivity contribution in [2.24, 2.45) is 0 Å². The van der Waals surface area contributed by atoms with Gasteiger partial charge in [0.25, 0.3) is 5.91 Å². The first-order valence-electron chi connectivity index (χ1n) is 9.23. The minimum atomic E-state index is -1.16. The molecule has 7 nitrogen and oxygen atoms in total. The Labute approximate surface area is 172 Å². The van der Waals surface area contributed by atoms with Crippen LogP contribution < -0.4 is 15.4 Å². The van der Waals surface area contributed by atoms with Crippen LogP contribution in [0.1, 0.15) is 18.9 Å². The molecule has 0 aliphatic carbocycles. The van der Waals surface area contributed by atoms with E-state index in [1.807, 2.05) is 12.1 Å². The van der Waals surface area contributed by atoms with E-state index in [9.17, 15) is 23.2 Å². The van der Waals surface area contributed by atoms with E-state index in [1.165, 1.54) is 0 Å². The predicted molar refractivity (Wildman–Crippen MR) is 105 cm³/mol. The molecule has 9 heteroatoms. The third-order valence-corrected chi connectivity index (χ3v) is 4.87. The molecule has 4 amide bonds. The Morgan fingerprint density at radius 1 is 1.13 bits per heavy atom. The number of ether oxygens (including phenoxy) is 1. The Bertz CT molecular complexity index is 960. The van der Waals surface area contributed by atoms with Crippen molar-refractivity contribution in [3.8, 4) is 5.75 Å². The summed E-state index contributed by atoms with van der Waals surface area (Å²) in [5.74, 6) is -2.28. The normalized spacial score (nSPS) is 18.3. The Morgan fingerprint density at radius 3 is 2.37 bits per heavy atom. The highest BCUT2D eigenvalue weighted by molar-refractivity contribution is 6.09. The second-order valence-electron chi connectivity index (χ2n) is 7.21. The molecule has 0 spiro atoms. The van der Waals surface area contributed by atoms with E-state index in [2.05, 4.69) is 10.6 Å². The Hall–Kier alpha value is -3.49. The van der Waals surface area contributed by atoms with Crippen LogP contribution in [-0.4, -0.2) is 41.9 Å². The van der Waals surface area contributed by atoms with Crippen molar-refractivity contribution in [1.82, 2.24) is 10.2 Å². The zero-order chi connectivity index (χ0) is 21.9. The molecule has 1 fully saturated rings. The molecule has 1 atom stereocenters. The summed E-state index contributed by atoms with van der Waals surface area (Å²) in [7, 11) is 1.57. The van der Waals surface area contributed by atoms with E-state index >= 15 is 0 Å². The van der Waals surface area contributed by atoms with Crippen LogP contribution in [0.15, 0.2) is 42.5 Å². The molecule has 1 unspecified atom stereocenters. The number of anilines is 1. The summed E-state index contributed by atoms with van der Waals surface area (Å²) in [6, 6.07) is 9.19. The molecule has 1 heterocycles. The number of carbonyl (C=O) groups is 3. The van der Waals surface area contributed by atoms with Crippen LogP contribution in [0.2, 0.25) is 0 Å². The van der Waals surface area contributed by atoms with Crippen molar-refractivity contribution in [3.63, 3.8) is 0 Å². The van der Waals surface area contributed by atoms with Gasteiger partial charge in [-0.25, -0.2) is 13.6 Å². The fourth-order valence-electron chi connectivity index (χ4n) is 3.22. The molecule has 0 radical (unpaired) electrons. The van der Waals surface area contributed by atoms with Crippen molar-refractivity contribution in [2.75, 3.05) is 19.0 Å². The lowest BCUT2D eigenvalue weighted by atomic mass is 9.93. The van der Waals surface area contributed by atoms with Gasteiger partial charge < -0.3 is 15.4 Å². The Morgan fingerprint density at radius 2 is 1.77 bits per heavy atom. The van der Waals surface area contributed by atoms with Crippen molar-refractivity contribution in [3.05, 3.63) is 59.7 Å². The maximum Gasteiger partial charge on any atom is 0.325 e. The summed E-state index contributed by atoms with van der Waals surface area (Å²) in [5.41, 5.74) is -0.308. The Kier molecular flexibility index (Phi) is 6.00. The molecule has 158 valence electrons. The van der Waals surface area contributed by atoms with E-state index in [1.54, 1.807) is 26.2 Å². The SMILES string of the molecule is COc1ccc(CCC2(C)NC(=O)N(CC(=O)Nc3cc(F)cc(F)c3)C2=O)cc1. The highest BCUT2D eigenvalue weighted by atomic mass is 19.1. The number of hydrogen-bond donors (Lipinski definition) is 2. The molecular weight excluding hydrogens is 396 g/mol. The first kappa shape index (κ1) is 21.2. The number of nitrogens with zero attached hydrogens (tertiary/aromatic N) is 1. The fourth-order valence-corrected chi connectivity index (χ4v) is 3.22. The van der Waals surface area contributed by atoms with Crippen LogP contribution in [0.3, 0.4) is 0 Å². The van der Waals surface area contributed by atoms with Gasteiger partial charge in [-0.2, -0.15) is 0 Å². The monoisotopic (exact) mass is 417 g/mol. The largest absolute Gasteiger partial charge is 0.497 e. The number of nitrogens with one attached hydrogen (secondary N) is 2. The van der Waals surface area contributed by atoms with Gasteiger partial charge in [0.1, 0.15) is 29.5 Å². The van der Waals surface area contributed by atoms with Gasteiger partial charge in [0.05, 0.1) is 7.11 Å². The van der Waals surface area contributed by atoms with Crippen LogP contribution in [-0.2, 0) is 16.0 Å². The van der Waals surface area contributed by atoms with Crippen molar-refractivity contribution < 1.29 is 27.9 Å². The lowest BCUT2D eigenvalue weighted by Crippen LogP contribution is -2.45. The summed E-state index contributed by atoms with van der Waals surface area (Å²) in [5, 5.41) is 4.91. The molecule has 1 saturated heterocycles. The molecule has 1 aliphatic rings. The number of halogens is 2. The Balaban J connectivity index is 1.61. The molecular formula is C21H21F2N3O4. The van der Waals surface area contributed by atoms with Crippen LogP contribution >= 0.6 is 0 Å². The minimum Gasteiger partial charge on any atom is -0.497 e. The van der Waals surface area contributed by atoms with E-state index in [4.69, 9.17) is 4.74 Å². The average molecular weight is 417 g/mol. The lowest BCUT2D eigenvalue weighted by molar-refractivity contribution is -0.133. The van der Waals surface area contributed by atoms with Gasteiger partial charge in [-0.15, -0.1) is 0 Å². The second kappa shape index (κ2) is 8.48. The molecule has 1 aliphatic heterocycles. The topological polar surface area (TPSA) is 87.7 Å². The summed E-state index contributed by atoms with van der Waals surface area (Å²) in [4.78, 5) is 38.0. The highest BCUT2D eigenvalue weighted by Crippen LogP contribution is 2.24. The number of rotatable bonds is 7. The van der Waals surface area contributed by atoms with Gasteiger partial charge in [-0.1, -0.05) is 12.1 Å². The minimum absolute atomic E-state index is 0.105. The summed E-state index contributed by atoms with van der Waals surface area (Å²) < 4.78 is 31.6. The smallest absolute Gasteiger partial charge is 0.325 e. The number of benzene rings is 2. The van der Waals surface area contributed by atoms with Gasteiger partial charge >= 0.3 is 6.03 Å². The zero-order valence-corrected chi connectivity index (χ0v) is 16.5. The lowest BCUT2D eigenvalue weighted by Gasteiger charge is -2.21. The highest BCUT2D eigenvalue weighted by Gasteiger charge is 2.47. The number of hydrogen-bond acceptors (Lipinski definition) is 4. The number of imide groups is 1. The van der Waals surface area contributed by atoms with Gasteiger partial charge in [0, 0.05) is 11.8 Å². The zero-order valence-electron chi connectivity index (χ0n) is 16.5.